The van der Waals surface area contributed by atoms with Crippen LogP contribution in [-0.4, -0.2) is 24.8 Å². The van der Waals surface area contributed by atoms with E-state index in [0.29, 0.717) is 6.42 Å². The molecule has 2 N–H and O–H groups in total. The largest absolute Gasteiger partial charge is 0.368 e. The molecule has 3 rings (SSSR count). The topological polar surface area (TPSA) is 53.5 Å². The maximum Gasteiger partial charge on any atom is 0.228 e. The third kappa shape index (κ3) is 3.48. The van der Waals surface area contributed by atoms with Crippen LogP contribution in [0, 0.1) is 0 Å². The Hall–Kier alpha value is -2.62. The average Bonchev–Trinajstić information content (AvgIpc) is 3.02. The van der Waals surface area contributed by atoms with E-state index < -0.39 is 0 Å². The highest BCUT2D eigenvalue weighted by Gasteiger charge is 2.09. The van der Waals surface area contributed by atoms with E-state index in [1.54, 1.807) is 0 Å². The summed E-state index contributed by atoms with van der Waals surface area (Å²) in [4.78, 5) is 16.4. The second-order valence-electron chi connectivity index (χ2n) is 4.95. The molecule has 0 fully saturated rings. The smallest absolute Gasteiger partial charge is 0.228 e. The van der Waals surface area contributed by atoms with Crippen LogP contribution in [0.4, 0.5) is 5.69 Å². The molecule has 21 heavy (non-hydrogen) atoms. The number of benzene rings is 2. The molecular formula is C17H17N3O. The van der Waals surface area contributed by atoms with E-state index >= 15 is 0 Å². The number of aliphatic imine (C=N–C) groups is 1. The zero-order valence-corrected chi connectivity index (χ0v) is 11.7. The third-order valence-corrected chi connectivity index (χ3v) is 3.30. The van der Waals surface area contributed by atoms with Crippen LogP contribution in [0.2, 0.25) is 0 Å². The summed E-state index contributed by atoms with van der Waals surface area (Å²) in [6, 6.07) is 17.5. The Balaban J connectivity index is 1.67. The van der Waals surface area contributed by atoms with Crippen LogP contribution in [0.15, 0.2) is 59.6 Å². The maximum absolute atomic E-state index is 12.1. The summed E-state index contributed by atoms with van der Waals surface area (Å²) in [6.45, 7) is 1.68. The SMILES string of the molecule is O=C(Cc1ccccc1)Nc1cccc(C2=NCCN2)c1. The van der Waals surface area contributed by atoms with Gasteiger partial charge in [0.15, 0.2) is 0 Å². The third-order valence-electron chi connectivity index (χ3n) is 3.30. The van der Waals surface area contributed by atoms with Crippen LogP contribution in [0.3, 0.4) is 0 Å². The number of hydrogen-bond donors (Lipinski definition) is 2. The van der Waals surface area contributed by atoms with Gasteiger partial charge in [0.05, 0.1) is 13.0 Å². The molecule has 2 aromatic rings. The highest BCUT2D eigenvalue weighted by atomic mass is 16.1. The Kier molecular flexibility index (Phi) is 3.96. The number of nitrogens with zero attached hydrogens (tertiary/aromatic N) is 1. The van der Waals surface area contributed by atoms with Crippen LogP contribution < -0.4 is 10.6 Å². The van der Waals surface area contributed by atoms with Gasteiger partial charge in [-0.2, -0.15) is 0 Å². The standard InChI is InChI=1S/C17H17N3O/c21-16(11-13-5-2-1-3-6-13)20-15-8-4-7-14(12-15)17-18-9-10-19-17/h1-8,12H,9-11H2,(H,18,19)(H,20,21). The number of carbonyl (C=O) groups is 1. The summed E-state index contributed by atoms with van der Waals surface area (Å²) in [6.07, 6.45) is 0.379. The molecule has 0 radical (unpaired) electrons. The van der Waals surface area contributed by atoms with Gasteiger partial charge in [0.1, 0.15) is 5.84 Å². The van der Waals surface area contributed by atoms with Crippen molar-refractivity contribution in [2.45, 2.75) is 6.42 Å². The van der Waals surface area contributed by atoms with Crippen LogP contribution in [0.25, 0.3) is 0 Å². The lowest BCUT2D eigenvalue weighted by molar-refractivity contribution is -0.115. The lowest BCUT2D eigenvalue weighted by Gasteiger charge is -2.08. The zero-order valence-electron chi connectivity index (χ0n) is 11.7. The summed E-state index contributed by atoms with van der Waals surface area (Å²) in [5, 5.41) is 6.16. The van der Waals surface area contributed by atoms with Crippen molar-refractivity contribution in [3.05, 3.63) is 65.7 Å². The average molecular weight is 279 g/mol. The number of anilines is 1. The van der Waals surface area contributed by atoms with Gasteiger partial charge in [-0.1, -0.05) is 42.5 Å². The number of carbonyl (C=O) groups excluding carboxylic acids is 1. The highest BCUT2D eigenvalue weighted by Crippen LogP contribution is 2.13. The summed E-state index contributed by atoms with van der Waals surface area (Å²) in [5.74, 6) is 0.883. The minimum Gasteiger partial charge on any atom is -0.368 e. The molecule has 2 aromatic carbocycles. The van der Waals surface area contributed by atoms with Crippen molar-refractivity contribution < 1.29 is 4.79 Å². The second kappa shape index (κ2) is 6.22. The number of rotatable bonds is 4. The first kappa shape index (κ1) is 13.4. The fraction of sp³-hybridized carbons (Fsp3) is 0.176. The Labute approximate surface area is 123 Å². The fourth-order valence-corrected chi connectivity index (χ4v) is 2.32. The quantitative estimate of drug-likeness (QED) is 0.901. The Morgan fingerprint density at radius 3 is 2.76 bits per heavy atom. The normalized spacial score (nSPS) is 13.4. The summed E-state index contributed by atoms with van der Waals surface area (Å²) in [7, 11) is 0. The first-order valence-corrected chi connectivity index (χ1v) is 7.04. The van der Waals surface area contributed by atoms with Crippen LogP contribution in [-0.2, 0) is 11.2 Å². The predicted octanol–water partition coefficient (Wildman–Crippen LogP) is 2.22. The monoisotopic (exact) mass is 279 g/mol. The van der Waals surface area contributed by atoms with E-state index in [4.69, 9.17) is 0 Å². The first-order chi connectivity index (χ1) is 10.3. The van der Waals surface area contributed by atoms with Gasteiger partial charge < -0.3 is 10.6 Å². The van der Waals surface area contributed by atoms with Crippen molar-refractivity contribution in [3.8, 4) is 0 Å². The molecule has 0 aromatic heterocycles. The second-order valence-corrected chi connectivity index (χ2v) is 4.95. The number of hydrogen-bond acceptors (Lipinski definition) is 3. The van der Waals surface area contributed by atoms with E-state index in [2.05, 4.69) is 15.6 Å². The molecule has 1 aliphatic heterocycles. The van der Waals surface area contributed by atoms with Gasteiger partial charge in [-0.15, -0.1) is 0 Å². The molecule has 4 heteroatoms. The molecule has 0 aliphatic carbocycles. The van der Waals surface area contributed by atoms with E-state index in [0.717, 1.165) is 35.7 Å². The molecule has 0 saturated heterocycles. The molecule has 0 unspecified atom stereocenters. The van der Waals surface area contributed by atoms with E-state index in [1.165, 1.54) is 0 Å². The maximum atomic E-state index is 12.1. The predicted molar refractivity (Wildman–Crippen MR) is 84.6 cm³/mol. The van der Waals surface area contributed by atoms with Gasteiger partial charge in [0.2, 0.25) is 5.91 Å². The van der Waals surface area contributed by atoms with Gasteiger partial charge in [-0.05, 0) is 17.7 Å². The molecule has 1 heterocycles. The fourth-order valence-electron chi connectivity index (χ4n) is 2.32. The van der Waals surface area contributed by atoms with Gasteiger partial charge in [0, 0.05) is 17.8 Å². The molecule has 4 nitrogen and oxygen atoms in total. The molecule has 1 aliphatic rings. The van der Waals surface area contributed by atoms with Crippen molar-refractivity contribution in [2.75, 3.05) is 18.4 Å². The molecule has 0 bridgehead atoms. The van der Waals surface area contributed by atoms with Crippen molar-refractivity contribution in [3.63, 3.8) is 0 Å². The van der Waals surface area contributed by atoms with Crippen LogP contribution in [0.5, 0.6) is 0 Å². The molecule has 0 spiro atoms. The Bertz CT molecular complexity index is 665. The molecular weight excluding hydrogens is 262 g/mol. The molecule has 0 saturated carbocycles. The van der Waals surface area contributed by atoms with Crippen molar-refractivity contribution in [2.24, 2.45) is 4.99 Å². The minimum absolute atomic E-state index is 0.0142. The van der Waals surface area contributed by atoms with Crippen molar-refractivity contribution in [1.82, 2.24) is 5.32 Å². The van der Waals surface area contributed by atoms with Crippen molar-refractivity contribution >= 4 is 17.4 Å². The molecule has 0 atom stereocenters. The summed E-state index contributed by atoms with van der Waals surface area (Å²) in [5.41, 5.74) is 2.81. The molecule has 106 valence electrons. The van der Waals surface area contributed by atoms with E-state index in [-0.39, 0.29) is 5.91 Å². The lowest BCUT2D eigenvalue weighted by atomic mass is 10.1. The number of amidine groups is 1. The van der Waals surface area contributed by atoms with E-state index in [1.807, 2.05) is 54.6 Å². The van der Waals surface area contributed by atoms with Gasteiger partial charge in [0.25, 0.3) is 0 Å². The summed E-state index contributed by atoms with van der Waals surface area (Å²) >= 11 is 0. The van der Waals surface area contributed by atoms with Crippen LogP contribution in [0.1, 0.15) is 11.1 Å². The Morgan fingerprint density at radius 1 is 1.14 bits per heavy atom. The zero-order chi connectivity index (χ0) is 14.5. The van der Waals surface area contributed by atoms with Crippen LogP contribution >= 0.6 is 0 Å². The lowest BCUT2D eigenvalue weighted by Crippen LogP contribution is -2.20. The summed E-state index contributed by atoms with van der Waals surface area (Å²) < 4.78 is 0. The number of amides is 1. The highest BCUT2D eigenvalue weighted by molar-refractivity contribution is 6.01. The Morgan fingerprint density at radius 2 is 2.00 bits per heavy atom. The number of nitrogens with one attached hydrogen (secondary N) is 2. The molecule has 1 amide bonds. The van der Waals surface area contributed by atoms with Gasteiger partial charge in [-0.3, -0.25) is 9.79 Å². The van der Waals surface area contributed by atoms with Gasteiger partial charge in [-0.25, -0.2) is 0 Å². The first-order valence-electron chi connectivity index (χ1n) is 7.04. The van der Waals surface area contributed by atoms with Crippen molar-refractivity contribution in [1.29, 1.82) is 0 Å². The van der Waals surface area contributed by atoms with Gasteiger partial charge >= 0.3 is 0 Å². The minimum atomic E-state index is -0.0142. The van der Waals surface area contributed by atoms with E-state index in [9.17, 15) is 4.79 Å².